The normalized spacial score (nSPS) is 16.2. The van der Waals surface area contributed by atoms with Gasteiger partial charge in [0.15, 0.2) is 0 Å². The molecule has 0 saturated heterocycles. The topological polar surface area (TPSA) is 57.6 Å². The molecular weight excluding hydrogens is 261 g/mol. The molecule has 0 spiro atoms. The molecule has 1 atom stereocenters. The van der Waals surface area contributed by atoms with E-state index in [9.17, 15) is 19.1 Å². The SMILES string of the molecule is CC(C)C[C@@H](C(=O)O)N1CCc2cccc(F)c2C1=O. The van der Waals surface area contributed by atoms with Gasteiger partial charge in [-0.1, -0.05) is 26.0 Å². The number of benzene rings is 1. The number of carbonyl (C=O) groups excluding carboxylic acids is 1. The molecule has 0 bridgehead atoms. The minimum atomic E-state index is -1.04. The van der Waals surface area contributed by atoms with E-state index >= 15 is 0 Å². The predicted octanol–water partition coefficient (Wildman–Crippen LogP) is 2.32. The molecule has 1 aliphatic heterocycles. The van der Waals surface area contributed by atoms with Crippen LogP contribution in [0, 0.1) is 11.7 Å². The molecule has 1 aromatic rings. The molecule has 5 heteroatoms. The molecule has 2 rings (SSSR count). The Morgan fingerprint density at radius 1 is 1.45 bits per heavy atom. The summed E-state index contributed by atoms with van der Waals surface area (Å²) in [7, 11) is 0. The molecule has 1 heterocycles. The number of hydrogen-bond donors (Lipinski definition) is 1. The smallest absolute Gasteiger partial charge is 0.326 e. The number of hydrogen-bond acceptors (Lipinski definition) is 2. The Kier molecular flexibility index (Phi) is 4.06. The van der Waals surface area contributed by atoms with Crippen molar-refractivity contribution >= 4 is 11.9 Å². The second-order valence-corrected chi connectivity index (χ2v) is 5.51. The first-order valence-corrected chi connectivity index (χ1v) is 6.73. The lowest BCUT2D eigenvalue weighted by molar-refractivity contribution is -0.143. The average Bonchev–Trinajstić information content (AvgIpc) is 2.36. The summed E-state index contributed by atoms with van der Waals surface area (Å²) >= 11 is 0. The molecule has 0 fully saturated rings. The van der Waals surface area contributed by atoms with Crippen molar-refractivity contribution in [1.82, 2.24) is 4.90 Å². The minimum Gasteiger partial charge on any atom is -0.480 e. The van der Waals surface area contributed by atoms with Crippen molar-refractivity contribution in [3.63, 3.8) is 0 Å². The molecule has 0 aromatic heterocycles. The van der Waals surface area contributed by atoms with Crippen LogP contribution in [-0.4, -0.2) is 34.5 Å². The summed E-state index contributed by atoms with van der Waals surface area (Å²) in [4.78, 5) is 25.1. The van der Waals surface area contributed by atoms with Crippen LogP contribution < -0.4 is 0 Å². The fraction of sp³-hybridized carbons (Fsp3) is 0.467. The van der Waals surface area contributed by atoms with Crippen LogP contribution in [0.1, 0.15) is 36.2 Å². The van der Waals surface area contributed by atoms with Gasteiger partial charge in [-0.2, -0.15) is 0 Å². The highest BCUT2D eigenvalue weighted by Gasteiger charge is 2.35. The first-order valence-electron chi connectivity index (χ1n) is 6.73. The van der Waals surface area contributed by atoms with Crippen LogP contribution >= 0.6 is 0 Å². The van der Waals surface area contributed by atoms with Gasteiger partial charge < -0.3 is 10.0 Å². The Morgan fingerprint density at radius 3 is 2.75 bits per heavy atom. The van der Waals surface area contributed by atoms with Crippen LogP contribution in [0.2, 0.25) is 0 Å². The fourth-order valence-corrected chi connectivity index (χ4v) is 2.61. The summed E-state index contributed by atoms with van der Waals surface area (Å²) < 4.78 is 13.8. The molecule has 0 radical (unpaired) electrons. The zero-order chi connectivity index (χ0) is 14.9. The van der Waals surface area contributed by atoms with Crippen LogP contribution in [0.4, 0.5) is 4.39 Å². The largest absolute Gasteiger partial charge is 0.480 e. The van der Waals surface area contributed by atoms with E-state index < -0.39 is 23.7 Å². The second-order valence-electron chi connectivity index (χ2n) is 5.51. The third-order valence-corrected chi connectivity index (χ3v) is 3.55. The average molecular weight is 279 g/mol. The third-order valence-electron chi connectivity index (χ3n) is 3.55. The number of aliphatic carboxylic acids is 1. The summed E-state index contributed by atoms with van der Waals surface area (Å²) in [5.41, 5.74) is 0.675. The monoisotopic (exact) mass is 279 g/mol. The van der Waals surface area contributed by atoms with Crippen molar-refractivity contribution < 1.29 is 19.1 Å². The molecule has 1 aromatic carbocycles. The van der Waals surface area contributed by atoms with Crippen molar-refractivity contribution in [1.29, 1.82) is 0 Å². The summed E-state index contributed by atoms with van der Waals surface area (Å²) in [6.07, 6.45) is 0.853. The van der Waals surface area contributed by atoms with Gasteiger partial charge in [0.1, 0.15) is 11.9 Å². The maximum absolute atomic E-state index is 13.8. The first-order chi connectivity index (χ1) is 9.41. The quantitative estimate of drug-likeness (QED) is 0.920. The van der Waals surface area contributed by atoms with Gasteiger partial charge in [-0.3, -0.25) is 4.79 Å². The van der Waals surface area contributed by atoms with E-state index in [0.29, 0.717) is 24.9 Å². The Balaban J connectivity index is 2.34. The summed E-state index contributed by atoms with van der Waals surface area (Å²) in [6, 6.07) is 3.62. The number of nitrogens with zero attached hydrogens (tertiary/aromatic N) is 1. The van der Waals surface area contributed by atoms with E-state index in [1.165, 1.54) is 11.0 Å². The van der Waals surface area contributed by atoms with E-state index in [1.807, 2.05) is 13.8 Å². The van der Waals surface area contributed by atoms with Gasteiger partial charge in [-0.15, -0.1) is 0 Å². The summed E-state index contributed by atoms with van der Waals surface area (Å²) in [6.45, 7) is 4.12. The first kappa shape index (κ1) is 14.5. The van der Waals surface area contributed by atoms with E-state index in [-0.39, 0.29) is 11.5 Å². The van der Waals surface area contributed by atoms with Crippen molar-refractivity contribution in [2.45, 2.75) is 32.7 Å². The highest BCUT2D eigenvalue weighted by Crippen LogP contribution is 2.25. The molecule has 1 aliphatic rings. The third kappa shape index (κ3) is 2.66. The number of carbonyl (C=O) groups is 2. The highest BCUT2D eigenvalue weighted by atomic mass is 19.1. The number of fused-ring (bicyclic) bond motifs is 1. The Labute approximate surface area is 117 Å². The van der Waals surface area contributed by atoms with E-state index in [2.05, 4.69) is 0 Å². The second kappa shape index (κ2) is 5.61. The van der Waals surface area contributed by atoms with Crippen molar-refractivity contribution in [2.24, 2.45) is 5.92 Å². The van der Waals surface area contributed by atoms with Crippen LogP contribution in [0.25, 0.3) is 0 Å². The summed E-state index contributed by atoms with van der Waals surface area (Å²) in [5, 5.41) is 9.32. The van der Waals surface area contributed by atoms with Gasteiger partial charge in [0.2, 0.25) is 0 Å². The highest BCUT2D eigenvalue weighted by molar-refractivity contribution is 5.99. The van der Waals surface area contributed by atoms with Crippen molar-refractivity contribution in [3.8, 4) is 0 Å². The molecule has 0 aliphatic carbocycles. The van der Waals surface area contributed by atoms with Gasteiger partial charge in [0, 0.05) is 6.54 Å². The standard InChI is InChI=1S/C15H18FNO3/c1-9(2)8-12(15(19)20)17-7-6-10-4-3-5-11(16)13(10)14(17)18/h3-5,9,12H,6-8H2,1-2H3,(H,19,20)/t12-/m0/s1. The maximum Gasteiger partial charge on any atom is 0.326 e. The molecule has 0 saturated carbocycles. The van der Waals surface area contributed by atoms with Gasteiger partial charge >= 0.3 is 5.97 Å². The molecule has 108 valence electrons. The van der Waals surface area contributed by atoms with Gasteiger partial charge in [-0.05, 0) is 30.4 Å². The van der Waals surface area contributed by atoms with E-state index in [4.69, 9.17) is 0 Å². The van der Waals surface area contributed by atoms with Crippen LogP contribution in [0.5, 0.6) is 0 Å². The molecule has 20 heavy (non-hydrogen) atoms. The number of halogens is 1. The van der Waals surface area contributed by atoms with Crippen molar-refractivity contribution in [2.75, 3.05) is 6.54 Å². The van der Waals surface area contributed by atoms with Crippen molar-refractivity contribution in [3.05, 3.63) is 35.1 Å². The molecule has 1 N–H and O–H groups in total. The number of carboxylic acid groups (broad SMARTS) is 1. The van der Waals surface area contributed by atoms with Gasteiger partial charge in [-0.25, -0.2) is 9.18 Å². The fourth-order valence-electron chi connectivity index (χ4n) is 2.61. The molecule has 4 nitrogen and oxygen atoms in total. The molecule has 1 amide bonds. The molecule has 0 unspecified atom stereocenters. The maximum atomic E-state index is 13.8. The Bertz CT molecular complexity index is 542. The minimum absolute atomic E-state index is 0.0220. The predicted molar refractivity (Wildman–Crippen MR) is 72.0 cm³/mol. The number of rotatable bonds is 4. The molecular formula is C15H18FNO3. The lowest BCUT2D eigenvalue weighted by atomic mass is 9.94. The zero-order valence-electron chi connectivity index (χ0n) is 11.6. The lowest BCUT2D eigenvalue weighted by Gasteiger charge is -2.34. The number of carboxylic acids is 1. The zero-order valence-corrected chi connectivity index (χ0v) is 11.6. The van der Waals surface area contributed by atoms with Crippen LogP contribution in [0.3, 0.4) is 0 Å². The summed E-state index contributed by atoms with van der Waals surface area (Å²) in [5.74, 6) is -1.99. The van der Waals surface area contributed by atoms with E-state index in [0.717, 1.165) is 0 Å². The number of amides is 1. The van der Waals surface area contributed by atoms with Crippen LogP contribution in [0.15, 0.2) is 18.2 Å². The Hall–Kier alpha value is -1.91. The van der Waals surface area contributed by atoms with Gasteiger partial charge in [0.05, 0.1) is 5.56 Å². The lowest BCUT2D eigenvalue weighted by Crippen LogP contribution is -2.49. The van der Waals surface area contributed by atoms with E-state index in [1.54, 1.807) is 12.1 Å². The van der Waals surface area contributed by atoms with Gasteiger partial charge in [0.25, 0.3) is 5.91 Å². The Morgan fingerprint density at radius 2 is 2.15 bits per heavy atom. The van der Waals surface area contributed by atoms with Crippen LogP contribution in [-0.2, 0) is 11.2 Å².